The van der Waals surface area contributed by atoms with Crippen molar-refractivity contribution in [2.75, 3.05) is 32.8 Å². The van der Waals surface area contributed by atoms with Crippen molar-refractivity contribution < 1.29 is 9.53 Å². The number of rotatable bonds is 4. The Kier molecular flexibility index (Phi) is 2.86. The van der Waals surface area contributed by atoms with E-state index in [9.17, 15) is 4.79 Å². The zero-order valence-corrected chi connectivity index (χ0v) is 9.65. The fourth-order valence-electron chi connectivity index (χ4n) is 2.51. The van der Waals surface area contributed by atoms with E-state index in [2.05, 4.69) is 10.2 Å². The standard InChI is InChI=1S/C12H20N2O2/c15-12(10-5-13-6-10)14(11-1-2-11)7-9-3-4-16-8-9/h9-11,13H,1-8H2. The maximum absolute atomic E-state index is 12.2. The number of carbonyl (C=O) groups is 1. The van der Waals surface area contributed by atoms with Crippen LogP contribution < -0.4 is 5.32 Å². The van der Waals surface area contributed by atoms with Crippen molar-refractivity contribution in [1.82, 2.24) is 10.2 Å². The Hall–Kier alpha value is -0.610. The molecule has 4 nitrogen and oxygen atoms in total. The van der Waals surface area contributed by atoms with E-state index in [0.29, 0.717) is 17.9 Å². The summed E-state index contributed by atoms with van der Waals surface area (Å²) in [6.45, 7) is 4.41. The van der Waals surface area contributed by atoms with Crippen LogP contribution in [0.15, 0.2) is 0 Å². The Labute approximate surface area is 96.3 Å². The van der Waals surface area contributed by atoms with Crippen LogP contribution in [-0.4, -0.2) is 49.7 Å². The Morgan fingerprint density at radius 2 is 2.12 bits per heavy atom. The second-order valence-electron chi connectivity index (χ2n) is 5.31. The van der Waals surface area contributed by atoms with E-state index < -0.39 is 0 Å². The molecular formula is C12H20N2O2. The Morgan fingerprint density at radius 1 is 1.31 bits per heavy atom. The molecule has 0 aromatic heterocycles. The molecule has 0 aromatic carbocycles. The maximum Gasteiger partial charge on any atom is 0.228 e. The average molecular weight is 224 g/mol. The molecule has 2 aliphatic heterocycles. The lowest BCUT2D eigenvalue weighted by molar-refractivity contribution is -0.138. The first-order chi connectivity index (χ1) is 7.84. The van der Waals surface area contributed by atoms with Crippen LogP contribution >= 0.6 is 0 Å². The van der Waals surface area contributed by atoms with Crippen molar-refractivity contribution in [1.29, 1.82) is 0 Å². The van der Waals surface area contributed by atoms with Crippen molar-refractivity contribution in [3.8, 4) is 0 Å². The van der Waals surface area contributed by atoms with Gasteiger partial charge in [0, 0.05) is 38.2 Å². The monoisotopic (exact) mass is 224 g/mol. The fraction of sp³-hybridized carbons (Fsp3) is 0.917. The largest absolute Gasteiger partial charge is 0.381 e. The van der Waals surface area contributed by atoms with Gasteiger partial charge in [-0.15, -0.1) is 0 Å². The molecule has 0 aromatic rings. The third kappa shape index (κ3) is 2.09. The van der Waals surface area contributed by atoms with Crippen LogP contribution in [0.3, 0.4) is 0 Å². The van der Waals surface area contributed by atoms with Crippen LogP contribution in [0.1, 0.15) is 19.3 Å². The van der Waals surface area contributed by atoms with Crippen LogP contribution in [-0.2, 0) is 9.53 Å². The number of carbonyl (C=O) groups excluding carboxylic acids is 1. The molecule has 1 unspecified atom stereocenters. The van der Waals surface area contributed by atoms with Gasteiger partial charge in [-0.05, 0) is 19.3 Å². The number of hydrogen-bond donors (Lipinski definition) is 1. The van der Waals surface area contributed by atoms with Crippen LogP contribution in [0.5, 0.6) is 0 Å². The normalized spacial score (nSPS) is 30.1. The number of hydrogen-bond acceptors (Lipinski definition) is 3. The summed E-state index contributed by atoms with van der Waals surface area (Å²) >= 11 is 0. The molecular weight excluding hydrogens is 204 g/mol. The van der Waals surface area contributed by atoms with Gasteiger partial charge in [0.1, 0.15) is 0 Å². The minimum Gasteiger partial charge on any atom is -0.381 e. The van der Waals surface area contributed by atoms with Gasteiger partial charge < -0.3 is 15.0 Å². The van der Waals surface area contributed by atoms with Crippen LogP contribution in [0, 0.1) is 11.8 Å². The second-order valence-corrected chi connectivity index (χ2v) is 5.31. The van der Waals surface area contributed by atoms with Crippen LogP contribution in [0.4, 0.5) is 0 Å². The van der Waals surface area contributed by atoms with E-state index in [4.69, 9.17) is 4.74 Å². The quantitative estimate of drug-likeness (QED) is 0.743. The molecule has 1 saturated carbocycles. The zero-order valence-electron chi connectivity index (χ0n) is 9.65. The van der Waals surface area contributed by atoms with E-state index in [-0.39, 0.29) is 5.92 Å². The topological polar surface area (TPSA) is 41.6 Å². The molecule has 90 valence electrons. The Morgan fingerprint density at radius 3 is 2.62 bits per heavy atom. The smallest absolute Gasteiger partial charge is 0.228 e. The molecule has 3 aliphatic rings. The maximum atomic E-state index is 12.2. The predicted molar refractivity (Wildman–Crippen MR) is 60.0 cm³/mol. The highest BCUT2D eigenvalue weighted by Crippen LogP contribution is 2.30. The molecule has 1 aliphatic carbocycles. The van der Waals surface area contributed by atoms with E-state index in [1.165, 1.54) is 12.8 Å². The molecule has 3 fully saturated rings. The lowest BCUT2D eigenvalue weighted by atomic mass is 10.00. The third-order valence-corrected chi connectivity index (χ3v) is 3.88. The SMILES string of the molecule is O=C(C1CNC1)N(CC1CCOC1)C1CC1. The Balaban J connectivity index is 1.58. The minimum atomic E-state index is 0.253. The first kappa shape index (κ1) is 10.5. The van der Waals surface area contributed by atoms with Crippen LogP contribution in [0.25, 0.3) is 0 Å². The summed E-state index contributed by atoms with van der Waals surface area (Å²) in [7, 11) is 0. The third-order valence-electron chi connectivity index (χ3n) is 3.88. The summed E-state index contributed by atoms with van der Waals surface area (Å²) < 4.78 is 5.39. The number of amides is 1. The van der Waals surface area contributed by atoms with Crippen molar-refractivity contribution in [2.24, 2.45) is 11.8 Å². The number of nitrogens with zero attached hydrogens (tertiary/aromatic N) is 1. The van der Waals surface area contributed by atoms with E-state index >= 15 is 0 Å². The fourth-order valence-corrected chi connectivity index (χ4v) is 2.51. The van der Waals surface area contributed by atoms with Gasteiger partial charge in [0.2, 0.25) is 5.91 Å². The molecule has 0 radical (unpaired) electrons. The summed E-state index contributed by atoms with van der Waals surface area (Å²) in [6.07, 6.45) is 3.54. The van der Waals surface area contributed by atoms with E-state index in [1.807, 2.05) is 0 Å². The van der Waals surface area contributed by atoms with Gasteiger partial charge in [-0.1, -0.05) is 0 Å². The lowest BCUT2D eigenvalue weighted by Crippen LogP contribution is -2.53. The van der Waals surface area contributed by atoms with Crippen molar-refractivity contribution in [3.05, 3.63) is 0 Å². The van der Waals surface area contributed by atoms with Gasteiger partial charge >= 0.3 is 0 Å². The van der Waals surface area contributed by atoms with E-state index in [1.54, 1.807) is 0 Å². The van der Waals surface area contributed by atoms with Gasteiger partial charge in [0.05, 0.1) is 12.5 Å². The molecule has 1 N–H and O–H groups in total. The van der Waals surface area contributed by atoms with Crippen LogP contribution in [0.2, 0.25) is 0 Å². The zero-order chi connectivity index (χ0) is 11.0. The Bertz CT molecular complexity index is 268. The van der Waals surface area contributed by atoms with E-state index in [0.717, 1.165) is 39.3 Å². The molecule has 0 spiro atoms. The summed E-state index contributed by atoms with van der Waals surface area (Å²) in [5, 5.41) is 3.18. The van der Waals surface area contributed by atoms with Crippen molar-refractivity contribution >= 4 is 5.91 Å². The molecule has 2 saturated heterocycles. The summed E-state index contributed by atoms with van der Waals surface area (Å²) in [5.74, 6) is 1.22. The highest BCUT2D eigenvalue weighted by atomic mass is 16.5. The molecule has 16 heavy (non-hydrogen) atoms. The van der Waals surface area contributed by atoms with Gasteiger partial charge in [-0.2, -0.15) is 0 Å². The molecule has 1 amide bonds. The summed E-state index contributed by atoms with van der Waals surface area (Å²) in [5.41, 5.74) is 0. The number of nitrogens with one attached hydrogen (secondary N) is 1. The first-order valence-corrected chi connectivity index (χ1v) is 6.43. The summed E-state index contributed by atoms with van der Waals surface area (Å²) in [4.78, 5) is 14.4. The lowest BCUT2D eigenvalue weighted by Gasteiger charge is -2.33. The molecule has 0 bridgehead atoms. The minimum absolute atomic E-state index is 0.253. The highest BCUT2D eigenvalue weighted by molar-refractivity contribution is 5.80. The van der Waals surface area contributed by atoms with Crippen molar-refractivity contribution in [3.63, 3.8) is 0 Å². The van der Waals surface area contributed by atoms with Gasteiger partial charge in [-0.25, -0.2) is 0 Å². The second kappa shape index (κ2) is 4.34. The van der Waals surface area contributed by atoms with Gasteiger partial charge in [0.15, 0.2) is 0 Å². The average Bonchev–Trinajstić information content (AvgIpc) is 2.90. The van der Waals surface area contributed by atoms with Crippen molar-refractivity contribution in [2.45, 2.75) is 25.3 Å². The number of ether oxygens (including phenoxy) is 1. The summed E-state index contributed by atoms with van der Waals surface area (Å²) in [6, 6.07) is 0.550. The van der Waals surface area contributed by atoms with Gasteiger partial charge in [-0.3, -0.25) is 4.79 Å². The molecule has 3 rings (SSSR count). The first-order valence-electron chi connectivity index (χ1n) is 6.43. The molecule has 2 heterocycles. The van der Waals surface area contributed by atoms with Gasteiger partial charge in [0.25, 0.3) is 0 Å². The molecule has 1 atom stereocenters. The highest BCUT2D eigenvalue weighted by Gasteiger charge is 2.38. The predicted octanol–water partition coefficient (Wildman–Crippen LogP) is 0.233. The molecule has 4 heteroatoms.